The van der Waals surface area contributed by atoms with Gasteiger partial charge in [0.25, 0.3) is 5.91 Å². The second kappa shape index (κ2) is 8.92. The summed E-state index contributed by atoms with van der Waals surface area (Å²) in [6.45, 7) is 0. The summed E-state index contributed by atoms with van der Waals surface area (Å²) in [6.07, 6.45) is 1.55. The van der Waals surface area contributed by atoms with Crippen LogP contribution in [0.5, 0.6) is 17.2 Å². The summed E-state index contributed by atoms with van der Waals surface area (Å²) < 4.78 is 15.9. The molecule has 0 aliphatic heterocycles. The predicted octanol–water partition coefficient (Wildman–Crippen LogP) is 3.52. The van der Waals surface area contributed by atoms with Crippen LogP contribution in [-0.4, -0.2) is 44.3 Å². The number of benzene rings is 2. The van der Waals surface area contributed by atoms with Crippen molar-refractivity contribution in [3.8, 4) is 17.2 Å². The third kappa shape index (κ3) is 4.37. The lowest BCUT2D eigenvalue weighted by Crippen LogP contribution is -2.18. The largest absolute Gasteiger partial charge is 0.493 e. The number of hydrogen-bond donors (Lipinski definition) is 1. The van der Waals surface area contributed by atoms with Crippen LogP contribution in [0, 0.1) is 0 Å². The molecular formula is C21H22N4O4. The normalized spacial score (nSPS) is 10.2. The van der Waals surface area contributed by atoms with Gasteiger partial charge in [0.15, 0.2) is 11.5 Å². The van der Waals surface area contributed by atoms with E-state index in [1.54, 1.807) is 29.3 Å². The van der Waals surface area contributed by atoms with Crippen molar-refractivity contribution < 1.29 is 19.0 Å². The Morgan fingerprint density at radius 3 is 2.21 bits per heavy atom. The first kappa shape index (κ1) is 19.9. The second-order valence-corrected chi connectivity index (χ2v) is 6.00. The minimum absolute atomic E-state index is 0.228. The van der Waals surface area contributed by atoms with E-state index in [1.165, 1.54) is 21.3 Å². The first-order valence-electron chi connectivity index (χ1n) is 8.80. The summed E-state index contributed by atoms with van der Waals surface area (Å²) in [5.41, 5.74) is 1.63. The molecule has 0 radical (unpaired) electrons. The van der Waals surface area contributed by atoms with Crippen LogP contribution >= 0.6 is 0 Å². The number of carbonyl (C=O) groups is 1. The zero-order valence-corrected chi connectivity index (χ0v) is 16.7. The highest BCUT2D eigenvalue weighted by molar-refractivity contribution is 6.03. The minimum Gasteiger partial charge on any atom is -0.493 e. The van der Waals surface area contributed by atoms with Gasteiger partial charge >= 0.3 is 0 Å². The molecule has 0 spiro atoms. The van der Waals surface area contributed by atoms with Gasteiger partial charge in [-0.25, -0.2) is 9.97 Å². The molecular weight excluding hydrogens is 372 g/mol. The Bertz CT molecular complexity index is 970. The first-order valence-corrected chi connectivity index (χ1v) is 8.80. The molecule has 0 saturated carbocycles. The third-order valence-electron chi connectivity index (χ3n) is 4.24. The number of ether oxygens (including phenoxy) is 3. The van der Waals surface area contributed by atoms with Crippen molar-refractivity contribution in [2.24, 2.45) is 0 Å². The summed E-state index contributed by atoms with van der Waals surface area (Å²) in [5, 5.41) is 2.80. The van der Waals surface area contributed by atoms with Gasteiger partial charge in [0.05, 0.1) is 21.3 Å². The van der Waals surface area contributed by atoms with E-state index in [-0.39, 0.29) is 11.6 Å². The lowest BCUT2D eigenvalue weighted by Gasteiger charge is -2.17. The number of nitrogens with one attached hydrogen (secondary N) is 1. The Hall–Kier alpha value is -3.81. The number of nitrogens with zero attached hydrogens (tertiary/aromatic N) is 3. The molecule has 0 bridgehead atoms. The molecule has 150 valence electrons. The Morgan fingerprint density at radius 1 is 0.966 bits per heavy atom. The molecule has 1 aromatic heterocycles. The highest BCUT2D eigenvalue weighted by Gasteiger charge is 2.17. The summed E-state index contributed by atoms with van der Waals surface area (Å²) in [7, 11) is 6.38. The fourth-order valence-electron chi connectivity index (χ4n) is 2.75. The monoisotopic (exact) mass is 394 g/mol. The van der Waals surface area contributed by atoms with E-state index in [0.29, 0.717) is 28.9 Å². The third-order valence-corrected chi connectivity index (χ3v) is 4.24. The van der Waals surface area contributed by atoms with E-state index in [9.17, 15) is 4.79 Å². The molecule has 2 aromatic carbocycles. The highest BCUT2D eigenvalue weighted by Crippen LogP contribution is 2.40. The van der Waals surface area contributed by atoms with Crippen LogP contribution in [0.4, 0.5) is 17.3 Å². The summed E-state index contributed by atoms with van der Waals surface area (Å²) in [4.78, 5) is 23.2. The number of para-hydroxylation sites is 1. The van der Waals surface area contributed by atoms with Gasteiger partial charge in [-0.3, -0.25) is 4.79 Å². The number of anilines is 3. The molecule has 1 amide bonds. The Balaban J connectivity index is 1.85. The van der Waals surface area contributed by atoms with Crippen molar-refractivity contribution in [1.82, 2.24) is 9.97 Å². The van der Waals surface area contributed by atoms with E-state index < -0.39 is 0 Å². The van der Waals surface area contributed by atoms with Crippen molar-refractivity contribution in [3.05, 3.63) is 60.4 Å². The fraction of sp³-hybridized carbons (Fsp3) is 0.190. The molecule has 1 N–H and O–H groups in total. The van der Waals surface area contributed by atoms with Gasteiger partial charge in [-0.05, 0) is 18.2 Å². The van der Waals surface area contributed by atoms with E-state index >= 15 is 0 Å². The summed E-state index contributed by atoms with van der Waals surface area (Å²) in [5.74, 6) is 1.35. The Labute approximate surface area is 169 Å². The van der Waals surface area contributed by atoms with Crippen molar-refractivity contribution in [2.45, 2.75) is 0 Å². The van der Waals surface area contributed by atoms with Crippen LogP contribution in [0.3, 0.4) is 0 Å². The van der Waals surface area contributed by atoms with Crippen LogP contribution in [0.25, 0.3) is 0 Å². The van der Waals surface area contributed by atoms with Crippen molar-refractivity contribution in [2.75, 3.05) is 38.6 Å². The number of aromatic nitrogens is 2. The van der Waals surface area contributed by atoms with Crippen LogP contribution < -0.4 is 24.4 Å². The minimum atomic E-state index is -0.385. The maximum absolute atomic E-state index is 12.7. The number of hydrogen-bond acceptors (Lipinski definition) is 7. The van der Waals surface area contributed by atoms with E-state index in [2.05, 4.69) is 15.3 Å². The van der Waals surface area contributed by atoms with Gasteiger partial charge in [-0.15, -0.1) is 0 Å². The summed E-state index contributed by atoms with van der Waals surface area (Å²) >= 11 is 0. The van der Waals surface area contributed by atoms with Crippen LogP contribution in [0.1, 0.15) is 10.5 Å². The van der Waals surface area contributed by atoms with Gasteiger partial charge in [-0.1, -0.05) is 18.2 Å². The molecule has 0 aliphatic rings. The van der Waals surface area contributed by atoms with Crippen LogP contribution in [0.15, 0.2) is 54.7 Å². The van der Waals surface area contributed by atoms with Crippen molar-refractivity contribution in [3.63, 3.8) is 0 Å². The maximum Gasteiger partial charge on any atom is 0.274 e. The van der Waals surface area contributed by atoms with E-state index in [1.807, 2.05) is 37.4 Å². The quantitative estimate of drug-likeness (QED) is 0.656. The summed E-state index contributed by atoms with van der Waals surface area (Å²) in [6, 6.07) is 14.5. The predicted molar refractivity (Wildman–Crippen MR) is 111 cm³/mol. The average Bonchev–Trinajstić information content (AvgIpc) is 2.78. The maximum atomic E-state index is 12.7. The molecule has 1 heterocycles. The van der Waals surface area contributed by atoms with Crippen molar-refractivity contribution in [1.29, 1.82) is 0 Å². The SMILES string of the molecule is COc1cc(NC(=O)c2ccnc(N(C)c3ccccc3)n2)cc(OC)c1OC. The molecule has 8 heteroatoms. The lowest BCUT2D eigenvalue weighted by molar-refractivity contribution is 0.102. The van der Waals surface area contributed by atoms with E-state index in [0.717, 1.165) is 5.69 Å². The van der Waals surface area contributed by atoms with Gasteiger partial charge < -0.3 is 24.4 Å². The standard InChI is InChI=1S/C21H22N4O4/c1-25(15-8-6-5-7-9-15)21-22-11-10-16(24-21)20(26)23-14-12-17(27-2)19(29-4)18(13-14)28-3/h5-13H,1-4H3,(H,23,26). The average molecular weight is 394 g/mol. The smallest absolute Gasteiger partial charge is 0.274 e. The van der Waals surface area contributed by atoms with Gasteiger partial charge in [0, 0.05) is 36.8 Å². The molecule has 0 unspecified atom stereocenters. The lowest BCUT2D eigenvalue weighted by atomic mass is 10.2. The highest BCUT2D eigenvalue weighted by atomic mass is 16.5. The molecule has 0 saturated heterocycles. The van der Waals surface area contributed by atoms with Gasteiger partial charge in [-0.2, -0.15) is 0 Å². The second-order valence-electron chi connectivity index (χ2n) is 6.00. The number of rotatable bonds is 7. The van der Waals surface area contributed by atoms with Gasteiger partial charge in [0.2, 0.25) is 11.7 Å². The molecule has 3 aromatic rings. The number of amides is 1. The number of carbonyl (C=O) groups excluding carboxylic acids is 1. The topological polar surface area (TPSA) is 85.8 Å². The Morgan fingerprint density at radius 2 is 1.62 bits per heavy atom. The van der Waals surface area contributed by atoms with Gasteiger partial charge in [0.1, 0.15) is 5.69 Å². The molecule has 0 atom stereocenters. The molecule has 29 heavy (non-hydrogen) atoms. The van der Waals surface area contributed by atoms with Crippen LogP contribution in [-0.2, 0) is 0 Å². The zero-order valence-electron chi connectivity index (χ0n) is 16.7. The van der Waals surface area contributed by atoms with E-state index in [4.69, 9.17) is 14.2 Å². The zero-order chi connectivity index (χ0) is 20.8. The molecule has 0 fully saturated rings. The van der Waals surface area contributed by atoms with Crippen molar-refractivity contribution >= 4 is 23.2 Å². The Kier molecular flexibility index (Phi) is 6.13. The molecule has 0 aliphatic carbocycles. The molecule has 3 rings (SSSR count). The molecule has 8 nitrogen and oxygen atoms in total. The fourth-order valence-corrected chi connectivity index (χ4v) is 2.75. The van der Waals surface area contributed by atoms with Crippen LogP contribution in [0.2, 0.25) is 0 Å². The number of methoxy groups -OCH3 is 3. The first-order chi connectivity index (χ1) is 14.1.